The van der Waals surface area contributed by atoms with E-state index >= 15 is 0 Å². The average molecular weight is 192 g/mol. The highest BCUT2D eigenvalue weighted by Crippen LogP contribution is 2.14. The number of carbonyl (C=O) groups is 1. The highest BCUT2D eigenvalue weighted by molar-refractivity contribution is 6.32. The Morgan fingerprint density at radius 3 is 2.71 bits per heavy atom. The normalized spacial score (nSPS) is 9.64. The van der Waals surface area contributed by atoms with E-state index in [1.165, 1.54) is 12.0 Å². The zero-order chi connectivity index (χ0) is 10.7. The van der Waals surface area contributed by atoms with E-state index in [2.05, 4.69) is 4.98 Å². The van der Waals surface area contributed by atoms with Gasteiger partial charge in [0.25, 0.3) is 5.91 Å². The van der Waals surface area contributed by atoms with Crippen molar-refractivity contribution in [3.8, 4) is 5.75 Å². The van der Waals surface area contributed by atoms with Gasteiger partial charge in [-0.15, -0.1) is 0 Å². The summed E-state index contributed by atoms with van der Waals surface area (Å²) in [7, 11) is 6.80. The molecule has 0 N–H and O–H groups in total. The molecule has 0 unspecified atom stereocenters. The maximum absolute atomic E-state index is 11.6. The monoisotopic (exact) mass is 192 g/mol. The van der Waals surface area contributed by atoms with Gasteiger partial charge >= 0.3 is 0 Å². The minimum Gasteiger partial charge on any atom is -0.494 e. The number of rotatable bonds is 2. The van der Waals surface area contributed by atoms with Crippen LogP contribution < -0.4 is 10.2 Å². The third-order valence-corrected chi connectivity index (χ3v) is 1.82. The molecule has 1 aromatic heterocycles. The van der Waals surface area contributed by atoms with Gasteiger partial charge in [-0.05, 0) is 6.07 Å². The standard InChI is InChI=1S/C9H13BN2O2/c1-12(2)9(13)8-7(14-3)4-6(10)5-11-8/h4-5H,10H2,1-3H3. The summed E-state index contributed by atoms with van der Waals surface area (Å²) in [4.78, 5) is 17.1. The Kier molecular flexibility index (Phi) is 3.12. The van der Waals surface area contributed by atoms with Gasteiger partial charge in [0.05, 0.1) is 7.11 Å². The molecule has 1 heterocycles. The van der Waals surface area contributed by atoms with Gasteiger partial charge in [-0.1, -0.05) is 5.46 Å². The van der Waals surface area contributed by atoms with E-state index in [4.69, 9.17) is 4.74 Å². The first-order valence-corrected chi connectivity index (χ1v) is 4.28. The van der Waals surface area contributed by atoms with E-state index in [0.29, 0.717) is 11.4 Å². The van der Waals surface area contributed by atoms with Gasteiger partial charge in [0, 0.05) is 20.3 Å². The van der Waals surface area contributed by atoms with Gasteiger partial charge in [-0.2, -0.15) is 0 Å². The van der Waals surface area contributed by atoms with E-state index in [1.54, 1.807) is 26.4 Å². The number of amides is 1. The van der Waals surface area contributed by atoms with E-state index in [0.717, 1.165) is 5.46 Å². The van der Waals surface area contributed by atoms with Crippen molar-refractivity contribution < 1.29 is 9.53 Å². The number of ether oxygens (including phenoxy) is 1. The van der Waals surface area contributed by atoms with E-state index < -0.39 is 0 Å². The quantitative estimate of drug-likeness (QED) is 0.567. The maximum Gasteiger partial charge on any atom is 0.275 e. The molecule has 1 rings (SSSR count). The van der Waals surface area contributed by atoms with Crippen molar-refractivity contribution in [3.63, 3.8) is 0 Å². The largest absolute Gasteiger partial charge is 0.494 e. The van der Waals surface area contributed by atoms with Crippen LogP contribution >= 0.6 is 0 Å². The molecule has 1 amide bonds. The van der Waals surface area contributed by atoms with Crippen LogP contribution in [0.25, 0.3) is 0 Å². The van der Waals surface area contributed by atoms with Gasteiger partial charge in [0.2, 0.25) is 0 Å². The smallest absolute Gasteiger partial charge is 0.275 e. The van der Waals surface area contributed by atoms with Crippen LogP contribution in [0.4, 0.5) is 0 Å². The topological polar surface area (TPSA) is 42.4 Å². The summed E-state index contributed by atoms with van der Waals surface area (Å²) in [6, 6.07) is 1.80. The molecule has 4 nitrogen and oxygen atoms in total. The Bertz CT molecular complexity index is 353. The molecular weight excluding hydrogens is 179 g/mol. The zero-order valence-electron chi connectivity index (χ0n) is 8.87. The second-order valence-corrected chi connectivity index (χ2v) is 3.26. The van der Waals surface area contributed by atoms with Crippen molar-refractivity contribution in [2.75, 3.05) is 21.2 Å². The van der Waals surface area contributed by atoms with Crippen molar-refractivity contribution >= 4 is 19.2 Å². The van der Waals surface area contributed by atoms with Gasteiger partial charge < -0.3 is 9.64 Å². The summed E-state index contributed by atoms with van der Waals surface area (Å²) in [5.41, 5.74) is 1.32. The lowest BCUT2D eigenvalue weighted by molar-refractivity contribution is 0.0818. The fourth-order valence-corrected chi connectivity index (χ4v) is 1.07. The van der Waals surface area contributed by atoms with E-state index in [-0.39, 0.29) is 5.91 Å². The second kappa shape index (κ2) is 4.13. The summed E-state index contributed by atoms with van der Waals surface area (Å²) in [5, 5.41) is 0. The van der Waals surface area contributed by atoms with Crippen LogP contribution in [0.3, 0.4) is 0 Å². The maximum atomic E-state index is 11.6. The van der Waals surface area contributed by atoms with Crippen molar-refractivity contribution in [3.05, 3.63) is 18.0 Å². The van der Waals surface area contributed by atoms with Gasteiger partial charge in [-0.3, -0.25) is 4.79 Å². The Labute approximate surface area is 84.3 Å². The molecule has 0 aliphatic heterocycles. The summed E-state index contributed by atoms with van der Waals surface area (Å²) in [5.74, 6) is 0.366. The number of nitrogens with zero attached hydrogens (tertiary/aromatic N) is 2. The summed E-state index contributed by atoms with van der Waals surface area (Å²) in [6.07, 6.45) is 1.65. The first-order valence-electron chi connectivity index (χ1n) is 4.28. The summed E-state index contributed by atoms with van der Waals surface area (Å²) in [6.45, 7) is 0. The molecule has 0 fully saturated rings. The third-order valence-electron chi connectivity index (χ3n) is 1.82. The molecule has 74 valence electrons. The summed E-state index contributed by atoms with van der Waals surface area (Å²) >= 11 is 0. The van der Waals surface area contributed by atoms with Gasteiger partial charge in [0.15, 0.2) is 5.69 Å². The predicted octanol–water partition coefficient (Wildman–Crippen LogP) is -0.950. The number of carbonyl (C=O) groups excluding carboxylic acids is 1. The van der Waals surface area contributed by atoms with Crippen molar-refractivity contribution in [1.29, 1.82) is 0 Å². The second-order valence-electron chi connectivity index (χ2n) is 3.26. The van der Waals surface area contributed by atoms with Crippen LogP contribution in [-0.2, 0) is 0 Å². The van der Waals surface area contributed by atoms with Crippen molar-refractivity contribution in [2.24, 2.45) is 0 Å². The lowest BCUT2D eigenvalue weighted by Crippen LogP contribution is -2.24. The molecule has 0 saturated heterocycles. The van der Waals surface area contributed by atoms with E-state index in [1.807, 2.05) is 7.85 Å². The molecule has 0 atom stereocenters. The zero-order valence-corrected chi connectivity index (χ0v) is 8.87. The van der Waals surface area contributed by atoms with Crippen LogP contribution in [0.1, 0.15) is 10.5 Å². The number of aromatic nitrogens is 1. The van der Waals surface area contributed by atoms with Gasteiger partial charge in [0.1, 0.15) is 13.6 Å². The average Bonchev–Trinajstić information content (AvgIpc) is 2.16. The Morgan fingerprint density at radius 1 is 1.57 bits per heavy atom. The lowest BCUT2D eigenvalue weighted by atomic mass is 9.98. The van der Waals surface area contributed by atoms with Crippen molar-refractivity contribution in [1.82, 2.24) is 9.88 Å². The SMILES string of the molecule is Bc1cnc(C(=O)N(C)C)c(OC)c1. The Hall–Kier alpha value is -1.52. The molecule has 0 aliphatic rings. The molecule has 1 aromatic rings. The molecular formula is C9H13BN2O2. The fourth-order valence-electron chi connectivity index (χ4n) is 1.07. The van der Waals surface area contributed by atoms with Crippen LogP contribution in [0, 0.1) is 0 Å². The van der Waals surface area contributed by atoms with Gasteiger partial charge in [-0.25, -0.2) is 4.98 Å². The molecule has 14 heavy (non-hydrogen) atoms. The predicted molar refractivity (Wildman–Crippen MR) is 57.0 cm³/mol. The Morgan fingerprint density at radius 2 is 2.21 bits per heavy atom. The minimum absolute atomic E-state index is 0.151. The molecule has 0 saturated carbocycles. The summed E-state index contributed by atoms with van der Waals surface area (Å²) < 4.78 is 5.09. The highest BCUT2D eigenvalue weighted by atomic mass is 16.5. The molecule has 0 aromatic carbocycles. The molecule has 0 spiro atoms. The fraction of sp³-hybridized carbons (Fsp3) is 0.333. The third kappa shape index (κ3) is 2.04. The molecule has 0 aliphatic carbocycles. The first-order chi connectivity index (χ1) is 6.56. The molecule has 5 heteroatoms. The Balaban J connectivity index is 3.14. The number of pyridine rings is 1. The number of hydrogen-bond acceptors (Lipinski definition) is 3. The van der Waals surface area contributed by atoms with Crippen LogP contribution in [0.5, 0.6) is 5.75 Å². The number of hydrogen-bond donors (Lipinski definition) is 0. The minimum atomic E-state index is -0.151. The van der Waals surface area contributed by atoms with Crippen LogP contribution in [0.15, 0.2) is 12.3 Å². The first kappa shape index (κ1) is 10.6. The lowest BCUT2D eigenvalue weighted by Gasteiger charge is -2.12. The molecule has 0 radical (unpaired) electrons. The van der Waals surface area contributed by atoms with Crippen LogP contribution in [0.2, 0.25) is 0 Å². The highest BCUT2D eigenvalue weighted by Gasteiger charge is 2.15. The van der Waals surface area contributed by atoms with Crippen LogP contribution in [-0.4, -0.2) is 44.8 Å². The molecule has 0 bridgehead atoms. The van der Waals surface area contributed by atoms with E-state index in [9.17, 15) is 4.79 Å². The van der Waals surface area contributed by atoms with Crippen molar-refractivity contribution in [2.45, 2.75) is 0 Å². The number of methoxy groups -OCH3 is 1.